The maximum absolute atomic E-state index is 5.95. The predicted molar refractivity (Wildman–Crippen MR) is 80.1 cm³/mol. The summed E-state index contributed by atoms with van der Waals surface area (Å²) in [6.45, 7) is 7.11. The van der Waals surface area contributed by atoms with Crippen LogP contribution in [0.2, 0.25) is 0 Å². The first-order chi connectivity index (χ1) is 8.60. The van der Waals surface area contributed by atoms with Crippen molar-refractivity contribution in [3.63, 3.8) is 0 Å². The van der Waals surface area contributed by atoms with Gasteiger partial charge in [-0.1, -0.05) is 19.9 Å². The van der Waals surface area contributed by atoms with Crippen LogP contribution in [0, 0.1) is 12.3 Å². The quantitative estimate of drug-likeness (QED) is 0.750. The van der Waals surface area contributed by atoms with Gasteiger partial charge in [0.2, 0.25) is 0 Å². The van der Waals surface area contributed by atoms with Gasteiger partial charge in [-0.05, 0) is 43.2 Å². The summed E-state index contributed by atoms with van der Waals surface area (Å²) in [6.07, 6.45) is 2.14. The summed E-state index contributed by atoms with van der Waals surface area (Å²) in [4.78, 5) is 0. The van der Waals surface area contributed by atoms with Crippen LogP contribution in [-0.2, 0) is 0 Å². The van der Waals surface area contributed by atoms with Crippen LogP contribution in [0.15, 0.2) is 18.2 Å². The summed E-state index contributed by atoms with van der Waals surface area (Å²) < 4.78 is 11.3. The second-order valence-electron chi connectivity index (χ2n) is 4.81. The number of benzene rings is 1. The molecule has 0 heterocycles. The van der Waals surface area contributed by atoms with Crippen molar-refractivity contribution in [1.29, 1.82) is 0 Å². The van der Waals surface area contributed by atoms with Crippen molar-refractivity contribution in [3.8, 4) is 11.5 Å². The number of thiol groups is 1. The van der Waals surface area contributed by atoms with Gasteiger partial charge in [0.15, 0.2) is 11.5 Å². The van der Waals surface area contributed by atoms with E-state index in [9.17, 15) is 0 Å². The Bertz CT molecular complexity index is 364. The molecule has 3 heteroatoms. The molecular formula is C15H24O2S. The van der Waals surface area contributed by atoms with Crippen LogP contribution >= 0.6 is 12.6 Å². The Morgan fingerprint density at radius 1 is 1.17 bits per heavy atom. The van der Waals surface area contributed by atoms with E-state index in [1.54, 1.807) is 7.11 Å². The molecule has 0 N–H and O–H groups in total. The number of rotatable bonds is 7. The van der Waals surface area contributed by atoms with Crippen LogP contribution < -0.4 is 9.47 Å². The van der Waals surface area contributed by atoms with Crippen LogP contribution in [0.4, 0.5) is 0 Å². The molecule has 0 spiro atoms. The molecule has 0 aliphatic heterocycles. The lowest BCUT2D eigenvalue weighted by molar-refractivity contribution is 0.153. The second-order valence-corrected chi connectivity index (χ2v) is 5.12. The molecule has 102 valence electrons. The Labute approximate surface area is 116 Å². The van der Waals surface area contributed by atoms with Crippen molar-refractivity contribution in [2.24, 2.45) is 5.41 Å². The van der Waals surface area contributed by atoms with E-state index in [2.05, 4.69) is 26.5 Å². The molecule has 0 saturated heterocycles. The molecule has 0 saturated carbocycles. The molecule has 0 radical (unpaired) electrons. The van der Waals surface area contributed by atoms with Gasteiger partial charge in [-0.2, -0.15) is 12.6 Å². The lowest BCUT2D eigenvalue weighted by Gasteiger charge is -2.29. The van der Waals surface area contributed by atoms with E-state index >= 15 is 0 Å². The molecule has 0 aliphatic carbocycles. The molecule has 0 bridgehead atoms. The number of ether oxygens (including phenoxy) is 2. The third-order valence-corrected chi connectivity index (χ3v) is 4.36. The highest BCUT2D eigenvalue weighted by Gasteiger charge is 2.25. The van der Waals surface area contributed by atoms with Gasteiger partial charge in [0.25, 0.3) is 0 Å². The Morgan fingerprint density at radius 2 is 1.83 bits per heavy atom. The largest absolute Gasteiger partial charge is 0.493 e. The van der Waals surface area contributed by atoms with E-state index in [-0.39, 0.29) is 5.41 Å². The number of hydrogen-bond acceptors (Lipinski definition) is 3. The molecule has 1 aromatic rings. The molecule has 0 aromatic heterocycles. The van der Waals surface area contributed by atoms with Gasteiger partial charge in [-0.25, -0.2) is 0 Å². The molecule has 2 nitrogen and oxygen atoms in total. The van der Waals surface area contributed by atoms with Crippen molar-refractivity contribution in [2.45, 2.75) is 33.6 Å². The Kier molecular flexibility index (Phi) is 5.86. The van der Waals surface area contributed by atoms with E-state index < -0.39 is 0 Å². The van der Waals surface area contributed by atoms with Crippen LogP contribution in [0.3, 0.4) is 0 Å². The molecule has 0 atom stereocenters. The summed E-state index contributed by atoms with van der Waals surface area (Å²) in [5.41, 5.74) is 1.32. The number of methoxy groups -OCH3 is 1. The first-order valence-corrected chi connectivity index (χ1v) is 7.12. The minimum Gasteiger partial charge on any atom is -0.493 e. The summed E-state index contributed by atoms with van der Waals surface area (Å²) in [6, 6.07) is 6.01. The second kappa shape index (κ2) is 6.93. The van der Waals surface area contributed by atoms with E-state index in [4.69, 9.17) is 9.47 Å². The average Bonchev–Trinajstić information content (AvgIpc) is 2.42. The normalized spacial score (nSPS) is 11.4. The van der Waals surface area contributed by atoms with Crippen molar-refractivity contribution in [2.75, 3.05) is 19.5 Å². The van der Waals surface area contributed by atoms with Crippen molar-refractivity contribution < 1.29 is 9.47 Å². The summed E-state index contributed by atoms with van der Waals surface area (Å²) in [5.74, 6) is 2.46. The predicted octanol–water partition coefficient (Wildman–Crippen LogP) is 4.12. The number of hydrogen-bond donors (Lipinski definition) is 1. The zero-order valence-corrected chi connectivity index (χ0v) is 12.7. The van der Waals surface area contributed by atoms with Gasteiger partial charge in [-0.3, -0.25) is 0 Å². The zero-order chi connectivity index (χ0) is 13.6. The summed E-state index contributed by atoms with van der Waals surface area (Å²) in [7, 11) is 1.67. The maximum Gasteiger partial charge on any atom is 0.161 e. The highest BCUT2D eigenvalue weighted by Crippen LogP contribution is 2.32. The Morgan fingerprint density at radius 3 is 2.33 bits per heavy atom. The molecule has 1 aromatic carbocycles. The van der Waals surface area contributed by atoms with E-state index in [0.29, 0.717) is 6.61 Å². The SMILES string of the molecule is CCC(CC)(CS)COc1ccc(C)cc1OC. The average molecular weight is 268 g/mol. The smallest absolute Gasteiger partial charge is 0.161 e. The third kappa shape index (κ3) is 3.58. The third-order valence-electron chi connectivity index (χ3n) is 3.69. The van der Waals surface area contributed by atoms with Crippen molar-refractivity contribution >= 4 is 12.6 Å². The summed E-state index contributed by atoms with van der Waals surface area (Å²) >= 11 is 4.46. The Balaban J connectivity index is 2.79. The topological polar surface area (TPSA) is 18.5 Å². The highest BCUT2D eigenvalue weighted by atomic mass is 32.1. The van der Waals surface area contributed by atoms with Gasteiger partial charge in [-0.15, -0.1) is 0 Å². The van der Waals surface area contributed by atoms with E-state index in [1.807, 2.05) is 25.1 Å². The van der Waals surface area contributed by atoms with Crippen LogP contribution in [0.5, 0.6) is 11.5 Å². The molecule has 18 heavy (non-hydrogen) atoms. The lowest BCUT2D eigenvalue weighted by atomic mass is 9.85. The van der Waals surface area contributed by atoms with Crippen LogP contribution in [0.1, 0.15) is 32.3 Å². The van der Waals surface area contributed by atoms with Gasteiger partial charge in [0, 0.05) is 5.41 Å². The van der Waals surface area contributed by atoms with Gasteiger partial charge >= 0.3 is 0 Å². The molecule has 1 rings (SSSR count). The fourth-order valence-electron chi connectivity index (χ4n) is 1.85. The molecular weight excluding hydrogens is 244 g/mol. The van der Waals surface area contributed by atoms with Crippen LogP contribution in [-0.4, -0.2) is 19.5 Å². The summed E-state index contributed by atoms with van der Waals surface area (Å²) in [5, 5.41) is 0. The lowest BCUT2D eigenvalue weighted by Crippen LogP contribution is -2.29. The first-order valence-electron chi connectivity index (χ1n) is 6.49. The minimum atomic E-state index is 0.152. The van der Waals surface area contributed by atoms with E-state index in [1.165, 1.54) is 5.56 Å². The minimum absolute atomic E-state index is 0.152. The molecule has 0 aliphatic rings. The standard InChI is InChI=1S/C15H24O2S/c1-5-15(6-2,11-18)10-17-13-8-7-12(3)9-14(13)16-4/h7-9,18H,5-6,10-11H2,1-4H3. The van der Waals surface area contributed by atoms with Crippen LogP contribution in [0.25, 0.3) is 0 Å². The van der Waals surface area contributed by atoms with Crippen molar-refractivity contribution in [3.05, 3.63) is 23.8 Å². The highest BCUT2D eigenvalue weighted by molar-refractivity contribution is 7.80. The molecule has 0 amide bonds. The number of aryl methyl sites for hydroxylation is 1. The molecule has 0 unspecified atom stereocenters. The van der Waals surface area contributed by atoms with Gasteiger partial charge < -0.3 is 9.47 Å². The Hall–Kier alpha value is -0.830. The fraction of sp³-hybridized carbons (Fsp3) is 0.600. The van der Waals surface area contributed by atoms with Gasteiger partial charge in [0.05, 0.1) is 13.7 Å². The zero-order valence-electron chi connectivity index (χ0n) is 11.8. The van der Waals surface area contributed by atoms with Crippen molar-refractivity contribution in [1.82, 2.24) is 0 Å². The van der Waals surface area contributed by atoms with E-state index in [0.717, 1.165) is 30.1 Å². The molecule has 0 fully saturated rings. The maximum atomic E-state index is 5.95. The fourth-order valence-corrected chi connectivity index (χ4v) is 2.39. The first kappa shape index (κ1) is 15.2. The van der Waals surface area contributed by atoms with Gasteiger partial charge in [0.1, 0.15) is 0 Å². The monoisotopic (exact) mass is 268 g/mol.